The average molecular weight is 726 g/mol. The molecule has 0 heterocycles. The fraction of sp³-hybridized carbons (Fsp3) is 0.262. The van der Waals surface area contributed by atoms with E-state index in [9.17, 15) is 14.4 Å². The number of allylic oxidation sites excluding steroid dienone is 4. The van der Waals surface area contributed by atoms with Gasteiger partial charge in [0.2, 0.25) is 0 Å². The summed E-state index contributed by atoms with van der Waals surface area (Å²) in [5.41, 5.74) is 16.6. The van der Waals surface area contributed by atoms with Crippen molar-refractivity contribution in [1.29, 1.82) is 0 Å². The molecule has 7 nitrogen and oxygen atoms in total. The lowest BCUT2D eigenvalue weighted by Gasteiger charge is -2.20. The smallest absolute Gasteiger partial charge is 0.160 e. The van der Waals surface area contributed by atoms with Crippen molar-refractivity contribution in [1.82, 2.24) is 0 Å². The van der Waals surface area contributed by atoms with Gasteiger partial charge in [0.25, 0.3) is 0 Å². The standard InChI is InChI=1S/C21H23ClN2O.C13H15ClN2O.C8H8O/c1-14-7-3-4-8-16(14)13-23-18-10-5-11-19(21(18)22)24-17-9-6-12-20(25)15(17)2;1-8-10(5-3-7-12(8)17)16-11-6-2-4-9(15)13(11)14;1-7-4-2-3-5-8(7)6-9/h3-5,7-8,10-11,23-24H,6,9,12-13H2,1-2H3;2,4,6,16H,3,5,7,15H2,1H3;2-6H,1H3. The minimum absolute atomic E-state index is 0.207. The van der Waals surface area contributed by atoms with Crippen LogP contribution >= 0.6 is 23.2 Å². The van der Waals surface area contributed by atoms with Gasteiger partial charge in [-0.3, -0.25) is 14.4 Å². The van der Waals surface area contributed by atoms with Crippen molar-refractivity contribution in [3.8, 4) is 0 Å². The summed E-state index contributed by atoms with van der Waals surface area (Å²) >= 11 is 12.7. The highest BCUT2D eigenvalue weighted by atomic mass is 35.5. The van der Waals surface area contributed by atoms with Crippen LogP contribution in [0.25, 0.3) is 0 Å². The summed E-state index contributed by atoms with van der Waals surface area (Å²) in [6.07, 6.45) is 5.69. The Bertz CT molecular complexity index is 1950. The number of nitrogens with two attached hydrogens (primary N) is 1. The van der Waals surface area contributed by atoms with Crippen molar-refractivity contribution in [2.45, 2.75) is 72.8 Å². The maximum Gasteiger partial charge on any atom is 0.160 e. The summed E-state index contributed by atoms with van der Waals surface area (Å²) in [7, 11) is 0. The first-order valence-electron chi connectivity index (χ1n) is 17.1. The molecule has 2 aliphatic rings. The number of carbonyl (C=O) groups is 3. The Morgan fingerprint density at radius 3 is 1.69 bits per heavy atom. The third-order valence-electron chi connectivity index (χ3n) is 9.05. The van der Waals surface area contributed by atoms with Crippen LogP contribution in [0.5, 0.6) is 0 Å². The van der Waals surface area contributed by atoms with Crippen LogP contribution < -0.4 is 21.7 Å². The van der Waals surface area contributed by atoms with E-state index < -0.39 is 0 Å². The van der Waals surface area contributed by atoms with Gasteiger partial charge in [-0.2, -0.15) is 0 Å². The van der Waals surface area contributed by atoms with Crippen molar-refractivity contribution < 1.29 is 14.4 Å². The molecule has 2 aliphatic carbocycles. The predicted octanol–water partition coefficient (Wildman–Crippen LogP) is 10.9. The molecule has 0 atom stereocenters. The summed E-state index contributed by atoms with van der Waals surface area (Å²) in [6, 6.07) is 27.1. The molecule has 4 aromatic rings. The van der Waals surface area contributed by atoms with E-state index in [0.717, 1.165) is 89.2 Å². The molecule has 51 heavy (non-hydrogen) atoms. The van der Waals surface area contributed by atoms with Crippen LogP contribution in [0.2, 0.25) is 10.0 Å². The summed E-state index contributed by atoms with van der Waals surface area (Å²) < 4.78 is 0. The second kappa shape index (κ2) is 18.9. The normalized spacial score (nSPS) is 14.2. The lowest BCUT2D eigenvalue weighted by Crippen LogP contribution is -2.14. The van der Waals surface area contributed by atoms with Crippen molar-refractivity contribution in [2.24, 2.45) is 0 Å². The molecule has 0 saturated carbocycles. The zero-order valence-electron chi connectivity index (χ0n) is 29.7. The Labute approximate surface area is 311 Å². The number of ketones is 2. The summed E-state index contributed by atoms with van der Waals surface area (Å²) in [6.45, 7) is 8.48. The fourth-order valence-electron chi connectivity index (χ4n) is 5.70. The first-order valence-corrected chi connectivity index (χ1v) is 17.9. The largest absolute Gasteiger partial charge is 0.397 e. The molecule has 0 unspecified atom stereocenters. The molecule has 0 aromatic heterocycles. The Balaban J connectivity index is 0.000000192. The van der Waals surface area contributed by atoms with Gasteiger partial charge in [0.1, 0.15) is 6.29 Å². The van der Waals surface area contributed by atoms with E-state index in [-0.39, 0.29) is 11.6 Å². The molecular weight excluding hydrogens is 679 g/mol. The molecule has 0 saturated heterocycles. The number of aldehydes is 1. The number of benzene rings is 4. The maximum absolute atomic E-state index is 11.9. The van der Waals surface area contributed by atoms with Crippen LogP contribution in [0.15, 0.2) is 107 Å². The van der Waals surface area contributed by atoms with Gasteiger partial charge >= 0.3 is 0 Å². The number of nitrogen functional groups attached to an aromatic ring is 1. The van der Waals surface area contributed by atoms with Crippen LogP contribution in [0.1, 0.15) is 79.4 Å². The van der Waals surface area contributed by atoms with E-state index in [1.165, 1.54) is 11.1 Å². The second-order valence-corrected chi connectivity index (χ2v) is 13.4. The number of Topliss-reactive ketones (excluding diaryl/α,β-unsaturated/α-hetero) is 2. The van der Waals surface area contributed by atoms with Crippen molar-refractivity contribution in [3.05, 3.63) is 140 Å². The third-order valence-corrected chi connectivity index (χ3v) is 9.88. The first kappa shape index (κ1) is 38.9. The summed E-state index contributed by atoms with van der Waals surface area (Å²) in [5, 5.41) is 11.1. The summed E-state index contributed by atoms with van der Waals surface area (Å²) in [4.78, 5) is 33.7. The molecule has 266 valence electrons. The fourth-order valence-corrected chi connectivity index (χ4v) is 6.12. The molecule has 4 aromatic carbocycles. The SMILES string of the molecule is CC1=C(Nc2cccc(N)c2Cl)CCCC1=O.CC1=C(Nc2cccc(NCc3ccccc3C)c2Cl)CCCC1=O.Cc1ccccc1C=O. The van der Waals surface area contributed by atoms with Gasteiger partial charge in [-0.25, -0.2) is 0 Å². The molecule has 6 rings (SSSR count). The Morgan fingerprint density at radius 1 is 0.627 bits per heavy atom. The molecule has 0 fully saturated rings. The second-order valence-electron chi connectivity index (χ2n) is 12.6. The Kier molecular flexibility index (Phi) is 14.5. The molecule has 0 spiro atoms. The monoisotopic (exact) mass is 724 g/mol. The van der Waals surface area contributed by atoms with E-state index in [2.05, 4.69) is 35.0 Å². The van der Waals surface area contributed by atoms with Crippen LogP contribution in [-0.4, -0.2) is 17.9 Å². The van der Waals surface area contributed by atoms with Gasteiger partial charge < -0.3 is 21.7 Å². The van der Waals surface area contributed by atoms with Crippen LogP contribution in [0.4, 0.5) is 22.7 Å². The topological polar surface area (TPSA) is 113 Å². The lowest BCUT2D eigenvalue weighted by molar-refractivity contribution is -0.116. The molecular formula is C42H46Cl2N4O3. The van der Waals surface area contributed by atoms with Gasteiger partial charge in [-0.05, 0) is 94.3 Å². The number of halogens is 2. The van der Waals surface area contributed by atoms with Gasteiger partial charge in [0, 0.05) is 47.5 Å². The molecule has 0 bridgehead atoms. The molecule has 0 amide bonds. The van der Waals surface area contributed by atoms with Gasteiger partial charge in [0.05, 0.1) is 32.8 Å². The highest BCUT2D eigenvalue weighted by Gasteiger charge is 2.19. The number of carbonyl (C=O) groups excluding carboxylic acids is 3. The number of hydrogen-bond donors (Lipinski definition) is 4. The van der Waals surface area contributed by atoms with E-state index in [0.29, 0.717) is 28.6 Å². The van der Waals surface area contributed by atoms with Crippen molar-refractivity contribution >= 4 is 63.8 Å². The van der Waals surface area contributed by atoms with E-state index in [1.807, 2.05) is 87.5 Å². The molecule has 9 heteroatoms. The van der Waals surface area contributed by atoms with E-state index >= 15 is 0 Å². The van der Waals surface area contributed by atoms with Crippen molar-refractivity contribution in [2.75, 3.05) is 21.7 Å². The average Bonchev–Trinajstić information content (AvgIpc) is 3.12. The zero-order chi connectivity index (χ0) is 36.9. The van der Waals surface area contributed by atoms with Crippen LogP contribution in [0, 0.1) is 13.8 Å². The number of rotatable bonds is 8. The van der Waals surface area contributed by atoms with Crippen LogP contribution in [-0.2, 0) is 16.1 Å². The highest BCUT2D eigenvalue weighted by Crippen LogP contribution is 2.34. The Morgan fingerprint density at radius 2 is 1.14 bits per heavy atom. The van der Waals surface area contributed by atoms with Gasteiger partial charge in [0.15, 0.2) is 11.6 Å². The number of anilines is 4. The number of nitrogens with one attached hydrogen (secondary N) is 3. The minimum atomic E-state index is 0.207. The molecule has 5 N–H and O–H groups in total. The first-order chi connectivity index (χ1) is 24.5. The van der Waals surface area contributed by atoms with E-state index in [1.54, 1.807) is 6.07 Å². The lowest BCUT2D eigenvalue weighted by atomic mass is 9.96. The number of aryl methyl sites for hydroxylation is 2. The zero-order valence-corrected chi connectivity index (χ0v) is 31.2. The number of hydrogen-bond acceptors (Lipinski definition) is 7. The summed E-state index contributed by atoms with van der Waals surface area (Å²) in [5.74, 6) is 0.428. The van der Waals surface area contributed by atoms with E-state index in [4.69, 9.17) is 28.9 Å². The highest BCUT2D eigenvalue weighted by molar-refractivity contribution is 6.36. The van der Waals surface area contributed by atoms with Gasteiger partial charge in [-0.15, -0.1) is 0 Å². The minimum Gasteiger partial charge on any atom is -0.397 e. The third kappa shape index (κ3) is 10.8. The van der Waals surface area contributed by atoms with Crippen LogP contribution in [0.3, 0.4) is 0 Å². The van der Waals surface area contributed by atoms with Gasteiger partial charge in [-0.1, -0.05) is 83.9 Å². The maximum atomic E-state index is 11.9. The molecule has 0 aliphatic heterocycles. The Hall–Kier alpha value is -4.85. The molecule has 0 radical (unpaired) electrons. The predicted molar refractivity (Wildman–Crippen MR) is 213 cm³/mol. The van der Waals surface area contributed by atoms with Crippen molar-refractivity contribution in [3.63, 3.8) is 0 Å². The quantitative estimate of drug-likeness (QED) is 0.106.